The molecular weight excluding hydrogens is 278 g/mol. The van der Waals surface area contributed by atoms with Gasteiger partial charge in [0.15, 0.2) is 11.5 Å². The number of carbonyl (C=O) groups is 1. The van der Waals surface area contributed by atoms with Crippen LogP contribution in [0.3, 0.4) is 0 Å². The second-order valence-corrected chi connectivity index (χ2v) is 6.37. The summed E-state index contributed by atoms with van der Waals surface area (Å²) in [5, 5.41) is 3.16. The molecule has 1 amide bonds. The molecule has 1 aromatic rings. The largest absolute Gasteiger partial charge is 0.493 e. The summed E-state index contributed by atoms with van der Waals surface area (Å²) >= 11 is 0. The minimum Gasteiger partial charge on any atom is -0.493 e. The van der Waals surface area contributed by atoms with Gasteiger partial charge in [-0.15, -0.1) is 0 Å². The van der Waals surface area contributed by atoms with Gasteiger partial charge < -0.3 is 14.8 Å². The highest BCUT2D eigenvalue weighted by molar-refractivity contribution is 5.95. The Morgan fingerprint density at radius 1 is 1.23 bits per heavy atom. The van der Waals surface area contributed by atoms with E-state index in [2.05, 4.69) is 12.2 Å². The molecule has 4 heteroatoms. The van der Waals surface area contributed by atoms with E-state index in [9.17, 15) is 4.79 Å². The molecule has 4 nitrogen and oxygen atoms in total. The zero-order valence-corrected chi connectivity index (χ0v) is 14.0. The highest BCUT2D eigenvalue weighted by Crippen LogP contribution is 2.29. The third-order valence-electron chi connectivity index (χ3n) is 4.22. The van der Waals surface area contributed by atoms with Crippen molar-refractivity contribution < 1.29 is 14.3 Å². The molecule has 1 aromatic carbocycles. The van der Waals surface area contributed by atoms with Gasteiger partial charge in [0.1, 0.15) is 0 Å². The van der Waals surface area contributed by atoms with Crippen LogP contribution in [0, 0.1) is 5.92 Å². The van der Waals surface area contributed by atoms with Crippen molar-refractivity contribution in [3.63, 3.8) is 0 Å². The van der Waals surface area contributed by atoms with E-state index in [0.717, 1.165) is 6.42 Å². The van der Waals surface area contributed by atoms with Crippen molar-refractivity contribution in [2.75, 3.05) is 7.11 Å². The van der Waals surface area contributed by atoms with Crippen molar-refractivity contribution in [2.24, 2.45) is 5.92 Å². The Balaban J connectivity index is 2.09. The van der Waals surface area contributed by atoms with E-state index in [1.54, 1.807) is 25.3 Å². The standard InChI is InChI=1S/C18H27NO3/c1-12(2)22-16-10-9-14(11-17(16)21-4)18(20)19-15-8-6-5-7-13(15)3/h9-13,15H,5-8H2,1-4H3,(H,19,20)/t13-,15+/m0/s1. The molecule has 2 atom stereocenters. The van der Waals surface area contributed by atoms with Gasteiger partial charge in [-0.05, 0) is 50.8 Å². The van der Waals surface area contributed by atoms with Crippen molar-refractivity contribution >= 4 is 5.91 Å². The van der Waals surface area contributed by atoms with E-state index >= 15 is 0 Å². The molecular formula is C18H27NO3. The van der Waals surface area contributed by atoms with E-state index in [-0.39, 0.29) is 18.1 Å². The predicted molar refractivity (Wildman–Crippen MR) is 87.6 cm³/mol. The molecule has 1 N–H and O–H groups in total. The second-order valence-electron chi connectivity index (χ2n) is 6.37. The van der Waals surface area contributed by atoms with Gasteiger partial charge >= 0.3 is 0 Å². The monoisotopic (exact) mass is 305 g/mol. The fourth-order valence-corrected chi connectivity index (χ4v) is 2.94. The second kappa shape index (κ2) is 7.52. The molecule has 1 aliphatic rings. The van der Waals surface area contributed by atoms with Crippen molar-refractivity contribution in [3.05, 3.63) is 23.8 Å². The maximum absolute atomic E-state index is 12.5. The Bertz CT molecular complexity index is 513. The molecule has 0 spiro atoms. The highest BCUT2D eigenvalue weighted by atomic mass is 16.5. The molecule has 0 radical (unpaired) electrons. The van der Waals surface area contributed by atoms with Gasteiger partial charge in [0.05, 0.1) is 13.2 Å². The van der Waals surface area contributed by atoms with Crippen molar-refractivity contribution in [3.8, 4) is 11.5 Å². The van der Waals surface area contributed by atoms with E-state index in [1.165, 1.54) is 19.3 Å². The van der Waals surface area contributed by atoms with Crippen molar-refractivity contribution in [1.82, 2.24) is 5.32 Å². The van der Waals surface area contributed by atoms with Gasteiger partial charge in [0, 0.05) is 11.6 Å². The van der Waals surface area contributed by atoms with Gasteiger partial charge in [0.2, 0.25) is 0 Å². The Hall–Kier alpha value is -1.71. The van der Waals surface area contributed by atoms with Crippen molar-refractivity contribution in [2.45, 2.75) is 58.6 Å². The van der Waals surface area contributed by atoms with Crippen LogP contribution in [-0.4, -0.2) is 25.2 Å². The predicted octanol–water partition coefficient (Wildman–Crippen LogP) is 3.79. The molecule has 22 heavy (non-hydrogen) atoms. The van der Waals surface area contributed by atoms with Gasteiger partial charge in [-0.25, -0.2) is 0 Å². The van der Waals surface area contributed by atoms with Crippen LogP contribution in [0.25, 0.3) is 0 Å². The Labute approximate surface area is 133 Å². The Morgan fingerprint density at radius 2 is 1.95 bits per heavy atom. The third-order valence-corrected chi connectivity index (χ3v) is 4.22. The summed E-state index contributed by atoms with van der Waals surface area (Å²) in [6.07, 6.45) is 4.78. The number of ether oxygens (including phenoxy) is 2. The van der Waals surface area contributed by atoms with Crippen LogP contribution in [0.1, 0.15) is 56.8 Å². The first-order valence-electron chi connectivity index (χ1n) is 8.16. The van der Waals surface area contributed by atoms with E-state index in [0.29, 0.717) is 23.0 Å². The van der Waals surface area contributed by atoms with Crippen LogP contribution >= 0.6 is 0 Å². The average Bonchev–Trinajstić information content (AvgIpc) is 2.49. The first-order valence-corrected chi connectivity index (χ1v) is 8.16. The summed E-state index contributed by atoms with van der Waals surface area (Å²) in [6, 6.07) is 5.63. The lowest BCUT2D eigenvalue weighted by Crippen LogP contribution is -2.41. The van der Waals surface area contributed by atoms with Gasteiger partial charge in [-0.2, -0.15) is 0 Å². The number of methoxy groups -OCH3 is 1. The molecule has 1 aliphatic carbocycles. The molecule has 0 saturated heterocycles. The zero-order valence-electron chi connectivity index (χ0n) is 14.0. The average molecular weight is 305 g/mol. The van der Waals surface area contributed by atoms with E-state index in [4.69, 9.17) is 9.47 Å². The van der Waals surface area contributed by atoms with Gasteiger partial charge in [-0.3, -0.25) is 4.79 Å². The summed E-state index contributed by atoms with van der Waals surface area (Å²) in [5.41, 5.74) is 0.616. The number of carbonyl (C=O) groups excluding carboxylic acids is 1. The number of benzene rings is 1. The quantitative estimate of drug-likeness (QED) is 0.900. The summed E-state index contributed by atoms with van der Waals surface area (Å²) in [4.78, 5) is 12.5. The lowest BCUT2D eigenvalue weighted by Gasteiger charge is -2.29. The molecule has 1 saturated carbocycles. The molecule has 0 aromatic heterocycles. The summed E-state index contributed by atoms with van der Waals surface area (Å²) in [7, 11) is 1.59. The topological polar surface area (TPSA) is 47.6 Å². The molecule has 122 valence electrons. The first-order chi connectivity index (χ1) is 10.5. The summed E-state index contributed by atoms with van der Waals surface area (Å²) < 4.78 is 11.0. The summed E-state index contributed by atoms with van der Waals surface area (Å²) in [6.45, 7) is 6.14. The number of nitrogens with one attached hydrogen (secondary N) is 1. The Kier molecular flexibility index (Phi) is 5.69. The van der Waals surface area contributed by atoms with Crippen LogP contribution in [0.5, 0.6) is 11.5 Å². The van der Waals surface area contributed by atoms with Crippen LogP contribution < -0.4 is 14.8 Å². The molecule has 0 unspecified atom stereocenters. The zero-order chi connectivity index (χ0) is 16.1. The van der Waals surface area contributed by atoms with Crippen LogP contribution in [0.2, 0.25) is 0 Å². The lowest BCUT2D eigenvalue weighted by molar-refractivity contribution is 0.0910. The van der Waals surface area contributed by atoms with Crippen LogP contribution in [0.4, 0.5) is 0 Å². The third kappa shape index (κ3) is 4.15. The molecule has 2 rings (SSSR count). The number of hydrogen-bond donors (Lipinski definition) is 1. The molecule has 0 bridgehead atoms. The minimum atomic E-state index is -0.0341. The number of rotatable bonds is 5. The fourth-order valence-electron chi connectivity index (χ4n) is 2.94. The maximum atomic E-state index is 12.5. The van der Waals surface area contributed by atoms with Crippen molar-refractivity contribution in [1.29, 1.82) is 0 Å². The van der Waals surface area contributed by atoms with E-state index in [1.807, 2.05) is 13.8 Å². The van der Waals surface area contributed by atoms with Gasteiger partial charge in [0.25, 0.3) is 5.91 Å². The fraction of sp³-hybridized carbons (Fsp3) is 0.611. The lowest BCUT2D eigenvalue weighted by atomic mass is 9.86. The van der Waals surface area contributed by atoms with Gasteiger partial charge in [-0.1, -0.05) is 19.8 Å². The Morgan fingerprint density at radius 3 is 2.59 bits per heavy atom. The maximum Gasteiger partial charge on any atom is 0.251 e. The van der Waals surface area contributed by atoms with Crippen LogP contribution in [-0.2, 0) is 0 Å². The normalized spacial score (nSPS) is 21.5. The minimum absolute atomic E-state index is 0.0341. The first kappa shape index (κ1) is 16.7. The molecule has 0 aliphatic heterocycles. The summed E-state index contributed by atoms with van der Waals surface area (Å²) in [5.74, 6) is 1.77. The molecule has 0 heterocycles. The van der Waals surface area contributed by atoms with Crippen LogP contribution in [0.15, 0.2) is 18.2 Å². The number of hydrogen-bond acceptors (Lipinski definition) is 3. The highest BCUT2D eigenvalue weighted by Gasteiger charge is 2.23. The smallest absolute Gasteiger partial charge is 0.251 e. The SMILES string of the molecule is COc1cc(C(=O)N[C@@H]2CCCC[C@@H]2C)ccc1OC(C)C. The number of amides is 1. The molecule has 1 fully saturated rings. The van der Waals surface area contributed by atoms with E-state index < -0.39 is 0 Å².